The van der Waals surface area contributed by atoms with Crippen LogP contribution in [0.25, 0.3) is 22.5 Å². The summed E-state index contributed by atoms with van der Waals surface area (Å²) in [5, 5.41) is 7.77. The summed E-state index contributed by atoms with van der Waals surface area (Å²) in [5.74, 6) is 0. The van der Waals surface area contributed by atoms with Crippen LogP contribution in [0.2, 0.25) is 0 Å². The van der Waals surface area contributed by atoms with Crippen molar-refractivity contribution in [3.05, 3.63) is 59.7 Å². The Morgan fingerprint density at radius 3 is 2.67 bits per heavy atom. The maximum absolute atomic E-state index is 12.1. The smallest absolute Gasteiger partial charge is 0.319 e. The summed E-state index contributed by atoms with van der Waals surface area (Å²) in [5.41, 5.74) is 13.3. The molecule has 1 aliphatic heterocycles. The highest BCUT2D eigenvalue weighted by Gasteiger charge is 2.25. The van der Waals surface area contributed by atoms with Crippen molar-refractivity contribution < 1.29 is 9.53 Å². The zero-order chi connectivity index (χ0) is 20.5. The van der Waals surface area contributed by atoms with Crippen LogP contribution in [-0.2, 0) is 11.2 Å². The van der Waals surface area contributed by atoms with E-state index in [9.17, 15) is 4.79 Å². The van der Waals surface area contributed by atoms with Crippen LogP contribution in [0.5, 0.6) is 0 Å². The molecule has 1 aromatic heterocycles. The van der Waals surface area contributed by atoms with Gasteiger partial charge in [0.05, 0.1) is 24.6 Å². The van der Waals surface area contributed by atoms with E-state index in [4.69, 9.17) is 10.5 Å². The summed E-state index contributed by atoms with van der Waals surface area (Å²) in [7, 11) is 0. The molecule has 3 aromatic rings. The van der Waals surface area contributed by atoms with Crippen LogP contribution in [0.15, 0.2) is 48.5 Å². The Labute approximate surface area is 175 Å². The topological polar surface area (TPSA) is 87.5 Å². The van der Waals surface area contributed by atoms with Gasteiger partial charge >= 0.3 is 6.03 Å². The van der Waals surface area contributed by atoms with Crippen molar-refractivity contribution in [1.29, 1.82) is 0 Å². The molecule has 2 heterocycles. The number of hydrogen-bond donors (Lipinski definition) is 2. The number of nitrogens with two attached hydrogens (primary N) is 1. The van der Waals surface area contributed by atoms with Gasteiger partial charge in [0.15, 0.2) is 0 Å². The number of nitrogens with one attached hydrogen (secondary N) is 1. The number of ether oxygens (including phenoxy) is 1. The Balaban J connectivity index is 1.34. The van der Waals surface area contributed by atoms with Gasteiger partial charge in [-0.1, -0.05) is 36.4 Å². The molecular weight excluding hydrogens is 378 g/mol. The van der Waals surface area contributed by atoms with Crippen molar-refractivity contribution in [1.82, 2.24) is 15.1 Å². The molecule has 7 nitrogen and oxygen atoms in total. The van der Waals surface area contributed by atoms with E-state index in [1.54, 1.807) is 4.90 Å². The first-order valence-corrected chi connectivity index (χ1v) is 10.3. The maximum Gasteiger partial charge on any atom is 0.319 e. The number of fused-ring (bicyclic) bond motifs is 3. The summed E-state index contributed by atoms with van der Waals surface area (Å²) in [6.45, 7) is 4.59. The van der Waals surface area contributed by atoms with Gasteiger partial charge in [-0.05, 0) is 17.7 Å². The predicted molar refractivity (Wildman–Crippen MR) is 116 cm³/mol. The van der Waals surface area contributed by atoms with E-state index in [2.05, 4.69) is 39.4 Å². The molecule has 0 bridgehead atoms. The van der Waals surface area contributed by atoms with Crippen molar-refractivity contribution >= 4 is 11.7 Å². The molecule has 30 heavy (non-hydrogen) atoms. The molecule has 0 radical (unpaired) electrons. The van der Waals surface area contributed by atoms with Crippen molar-refractivity contribution in [2.24, 2.45) is 5.73 Å². The number of aromatic amines is 1. The molecule has 0 unspecified atom stereocenters. The van der Waals surface area contributed by atoms with Gasteiger partial charge < -0.3 is 10.5 Å². The average Bonchev–Trinajstić information content (AvgIpc) is 3.34. The number of morpholine rings is 1. The third-order valence-corrected chi connectivity index (χ3v) is 5.98. The predicted octanol–water partition coefficient (Wildman–Crippen LogP) is 2.87. The molecule has 0 saturated carbocycles. The number of carbonyl (C=O) groups is 1. The van der Waals surface area contributed by atoms with Gasteiger partial charge in [-0.25, -0.2) is 4.79 Å². The summed E-state index contributed by atoms with van der Waals surface area (Å²) in [6, 6.07) is 15.9. The summed E-state index contributed by atoms with van der Waals surface area (Å²) in [6.07, 6.45) is 0.881. The zero-order valence-electron chi connectivity index (χ0n) is 16.8. The summed E-state index contributed by atoms with van der Waals surface area (Å²) < 4.78 is 5.38. The molecule has 1 fully saturated rings. The molecule has 2 aliphatic rings. The number of rotatable bonds is 5. The molecular formula is C23H25N5O2. The van der Waals surface area contributed by atoms with Gasteiger partial charge in [0.25, 0.3) is 0 Å². The zero-order valence-corrected chi connectivity index (χ0v) is 16.8. The third-order valence-electron chi connectivity index (χ3n) is 5.98. The van der Waals surface area contributed by atoms with Crippen molar-refractivity contribution in [3.8, 4) is 22.5 Å². The van der Waals surface area contributed by atoms with Gasteiger partial charge in [0.2, 0.25) is 0 Å². The number of benzene rings is 2. The molecule has 1 aliphatic carbocycles. The first-order valence-electron chi connectivity index (χ1n) is 10.3. The lowest BCUT2D eigenvalue weighted by Crippen LogP contribution is -2.44. The second kappa shape index (κ2) is 7.93. The van der Waals surface area contributed by atoms with Gasteiger partial charge in [0.1, 0.15) is 0 Å². The fourth-order valence-corrected chi connectivity index (χ4v) is 4.34. The Morgan fingerprint density at radius 2 is 1.90 bits per heavy atom. The molecule has 0 spiro atoms. The summed E-state index contributed by atoms with van der Waals surface area (Å²) >= 11 is 0. The number of carbonyl (C=O) groups excluding carboxylic acids is 1. The number of urea groups is 1. The lowest BCUT2D eigenvalue weighted by molar-refractivity contribution is 0.0393. The van der Waals surface area contributed by atoms with E-state index in [-0.39, 0.29) is 0 Å². The number of H-pyrrole nitrogens is 1. The lowest BCUT2D eigenvalue weighted by atomic mass is 10.0. The fourth-order valence-electron chi connectivity index (χ4n) is 4.34. The Hall–Kier alpha value is -3.16. The van der Waals surface area contributed by atoms with Crippen molar-refractivity contribution in [3.63, 3.8) is 0 Å². The molecule has 5 rings (SSSR count). The van der Waals surface area contributed by atoms with Crippen LogP contribution in [0.1, 0.15) is 11.1 Å². The number of amides is 2. The van der Waals surface area contributed by atoms with Crippen molar-refractivity contribution in [2.45, 2.75) is 6.42 Å². The minimum atomic E-state index is -0.438. The van der Waals surface area contributed by atoms with Gasteiger partial charge in [-0.15, -0.1) is 0 Å². The van der Waals surface area contributed by atoms with E-state index in [0.717, 1.165) is 61.9 Å². The molecule has 2 amide bonds. The SMILES string of the molecule is NC(=O)N(CCN1CCOCC1)c1ccc(-c2n[nH]c3c2Cc2ccccc2-3)cc1. The average molecular weight is 403 g/mol. The third kappa shape index (κ3) is 3.46. The van der Waals surface area contributed by atoms with E-state index in [1.807, 2.05) is 24.3 Å². The van der Waals surface area contributed by atoms with E-state index in [1.165, 1.54) is 16.7 Å². The van der Waals surface area contributed by atoms with E-state index < -0.39 is 6.03 Å². The number of anilines is 1. The number of primary amides is 1. The Kier molecular flexibility index (Phi) is 4.98. The van der Waals surface area contributed by atoms with Gasteiger partial charge in [0, 0.05) is 55.0 Å². The number of aromatic nitrogens is 2. The minimum Gasteiger partial charge on any atom is -0.379 e. The molecule has 154 valence electrons. The molecule has 3 N–H and O–H groups in total. The van der Waals surface area contributed by atoms with Crippen LogP contribution in [0, 0.1) is 0 Å². The number of nitrogens with zero attached hydrogens (tertiary/aromatic N) is 3. The van der Waals surface area contributed by atoms with Crippen LogP contribution in [-0.4, -0.2) is 60.5 Å². The number of hydrogen-bond acceptors (Lipinski definition) is 4. The normalized spacial score (nSPS) is 15.6. The highest BCUT2D eigenvalue weighted by atomic mass is 16.5. The highest BCUT2D eigenvalue weighted by Crippen LogP contribution is 2.40. The minimum absolute atomic E-state index is 0.438. The van der Waals surface area contributed by atoms with Crippen LogP contribution in [0.3, 0.4) is 0 Å². The van der Waals surface area contributed by atoms with Crippen LogP contribution < -0.4 is 10.6 Å². The summed E-state index contributed by atoms with van der Waals surface area (Å²) in [4.78, 5) is 16.0. The first kappa shape index (κ1) is 18.8. The standard InChI is InChI=1S/C23H25N5O2/c24-23(29)28(10-9-27-11-13-30-14-12-27)18-7-5-16(6-8-18)21-20-15-17-3-1-2-4-19(17)22(20)26-25-21/h1-8H,9-15H2,(H2,24,29)(H,25,26). The fraction of sp³-hybridized carbons (Fsp3) is 0.304. The molecule has 2 aromatic carbocycles. The van der Waals surface area contributed by atoms with E-state index in [0.29, 0.717) is 6.54 Å². The van der Waals surface area contributed by atoms with Gasteiger partial charge in [-0.2, -0.15) is 5.10 Å². The maximum atomic E-state index is 12.1. The highest BCUT2D eigenvalue weighted by molar-refractivity contribution is 5.91. The lowest BCUT2D eigenvalue weighted by Gasteiger charge is -2.29. The van der Waals surface area contributed by atoms with E-state index >= 15 is 0 Å². The monoisotopic (exact) mass is 403 g/mol. The molecule has 1 saturated heterocycles. The van der Waals surface area contributed by atoms with Crippen molar-refractivity contribution in [2.75, 3.05) is 44.3 Å². The molecule has 0 atom stereocenters. The first-order chi connectivity index (χ1) is 14.7. The van der Waals surface area contributed by atoms with Crippen LogP contribution >= 0.6 is 0 Å². The quantitative estimate of drug-likeness (QED) is 0.536. The second-order valence-corrected chi connectivity index (χ2v) is 7.75. The second-order valence-electron chi connectivity index (χ2n) is 7.75. The molecule has 7 heteroatoms. The largest absolute Gasteiger partial charge is 0.379 e. The van der Waals surface area contributed by atoms with Crippen LogP contribution in [0.4, 0.5) is 10.5 Å². The Morgan fingerprint density at radius 1 is 1.13 bits per heavy atom. The Bertz CT molecular complexity index is 1050. The van der Waals surface area contributed by atoms with Gasteiger partial charge in [-0.3, -0.25) is 14.9 Å².